The van der Waals surface area contributed by atoms with Gasteiger partial charge in [0.15, 0.2) is 10.8 Å². The summed E-state index contributed by atoms with van der Waals surface area (Å²) in [4.78, 5) is 0. The monoisotopic (exact) mass is 448 g/mol. The minimum absolute atomic E-state index is 0.364. The van der Waals surface area contributed by atoms with E-state index >= 15 is 0 Å². The fourth-order valence-electron chi connectivity index (χ4n) is 4.26. The molecule has 0 aliphatic heterocycles. The van der Waals surface area contributed by atoms with Crippen molar-refractivity contribution in [2.45, 2.75) is 32.6 Å². The molecule has 0 bridgehead atoms. The number of hydrogen-bond acceptors (Lipinski definition) is 2. The van der Waals surface area contributed by atoms with Gasteiger partial charge in [-0.2, -0.15) is 36.9 Å². The topological polar surface area (TPSA) is 47.6 Å². The largest absolute Gasteiger partial charge is 0.405 e. The molecule has 2 nitrogen and oxygen atoms in total. The molecule has 0 saturated heterocycles. The van der Waals surface area contributed by atoms with E-state index in [1.54, 1.807) is 48.5 Å². The first kappa shape index (κ1) is 23.4. The van der Waals surface area contributed by atoms with Gasteiger partial charge >= 0.3 is 12.4 Å². The van der Waals surface area contributed by atoms with Crippen molar-refractivity contribution in [3.63, 3.8) is 0 Å². The molecule has 0 N–H and O–H groups in total. The summed E-state index contributed by atoms with van der Waals surface area (Å²) in [6.45, 7) is 3.67. The van der Waals surface area contributed by atoms with Crippen LogP contribution in [0.4, 0.5) is 26.3 Å². The van der Waals surface area contributed by atoms with Gasteiger partial charge in [0.2, 0.25) is 0 Å². The molecule has 32 heavy (non-hydrogen) atoms. The summed E-state index contributed by atoms with van der Waals surface area (Å²) < 4.78 is 82.3. The minimum atomic E-state index is -5.81. The molecule has 2 aromatic rings. The van der Waals surface area contributed by atoms with E-state index in [-0.39, 0.29) is 0 Å². The molecule has 1 aliphatic carbocycles. The third-order valence-electron chi connectivity index (χ3n) is 6.17. The molecule has 0 aromatic heterocycles. The quantitative estimate of drug-likeness (QED) is 0.480. The summed E-state index contributed by atoms with van der Waals surface area (Å²) in [7, 11) is 0. The van der Waals surface area contributed by atoms with Crippen LogP contribution in [0.3, 0.4) is 0 Å². The molecule has 1 saturated carbocycles. The van der Waals surface area contributed by atoms with Crippen LogP contribution in [0.5, 0.6) is 0 Å². The van der Waals surface area contributed by atoms with Gasteiger partial charge in [-0.3, -0.25) is 0 Å². The molecule has 1 fully saturated rings. The Labute approximate surface area is 181 Å². The number of benzene rings is 2. The molecule has 8 heteroatoms. The van der Waals surface area contributed by atoms with Crippen LogP contribution < -0.4 is 0 Å². The maximum absolute atomic E-state index is 13.7. The second-order valence-electron chi connectivity index (χ2n) is 8.06. The Bertz CT molecular complexity index is 1030. The van der Waals surface area contributed by atoms with Crippen molar-refractivity contribution in [3.05, 3.63) is 76.9 Å². The number of rotatable bonds is 3. The lowest BCUT2D eigenvalue weighted by Gasteiger charge is -2.56. The molecule has 0 heterocycles. The van der Waals surface area contributed by atoms with Gasteiger partial charge in [0, 0.05) is 5.92 Å². The van der Waals surface area contributed by atoms with E-state index in [4.69, 9.17) is 0 Å². The average molecular weight is 448 g/mol. The molecule has 166 valence electrons. The Morgan fingerprint density at radius 1 is 0.812 bits per heavy atom. The molecule has 0 amide bonds. The number of halogens is 6. The molecule has 3 rings (SSSR count). The highest BCUT2D eigenvalue weighted by Gasteiger charge is 2.88. The zero-order valence-corrected chi connectivity index (χ0v) is 17.1. The second-order valence-corrected chi connectivity index (χ2v) is 8.06. The maximum atomic E-state index is 13.7. The second kappa shape index (κ2) is 7.70. The first-order valence-electron chi connectivity index (χ1n) is 9.65. The van der Waals surface area contributed by atoms with E-state index in [1.807, 2.05) is 13.8 Å². The highest BCUT2D eigenvalue weighted by Crippen LogP contribution is 2.73. The van der Waals surface area contributed by atoms with Crippen LogP contribution in [-0.4, -0.2) is 12.4 Å². The molecular formula is C24H18F6N2. The minimum Gasteiger partial charge on any atom is -0.196 e. The van der Waals surface area contributed by atoms with E-state index in [0.29, 0.717) is 16.7 Å². The van der Waals surface area contributed by atoms with Crippen molar-refractivity contribution in [3.8, 4) is 12.1 Å². The molecule has 1 aliphatic rings. The molecular weight excluding hydrogens is 430 g/mol. The molecule has 1 unspecified atom stereocenters. The highest BCUT2D eigenvalue weighted by molar-refractivity contribution is 5.80. The van der Waals surface area contributed by atoms with Crippen LogP contribution in [-0.2, 0) is 0 Å². The van der Waals surface area contributed by atoms with Crippen LogP contribution >= 0.6 is 0 Å². The molecule has 0 radical (unpaired) electrons. The van der Waals surface area contributed by atoms with Gasteiger partial charge in [-0.1, -0.05) is 65.7 Å². The summed E-state index contributed by atoms with van der Waals surface area (Å²) in [5, 5.41) is 19.0. The van der Waals surface area contributed by atoms with Crippen molar-refractivity contribution in [1.29, 1.82) is 10.5 Å². The highest BCUT2D eigenvalue weighted by atomic mass is 19.4. The van der Waals surface area contributed by atoms with Gasteiger partial charge in [0.25, 0.3) is 0 Å². The number of allylic oxidation sites excluding steroid dienone is 1. The number of alkyl halides is 6. The maximum Gasteiger partial charge on any atom is 0.405 e. The third kappa shape index (κ3) is 3.35. The average Bonchev–Trinajstić information content (AvgIpc) is 2.68. The van der Waals surface area contributed by atoms with Gasteiger partial charge in [0.05, 0.1) is 12.1 Å². The summed E-state index contributed by atoms with van der Waals surface area (Å²) in [5.74, 6) is -1.57. The smallest absolute Gasteiger partial charge is 0.196 e. The summed E-state index contributed by atoms with van der Waals surface area (Å²) in [6.07, 6.45) is -11.8. The SMILES string of the molecule is Cc1ccc(C(=CC2CC(C(F)(F)F)(C(F)(F)F)C2(C#N)C#N)c2ccc(C)cc2)cc1. The van der Waals surface area contributed by atoms with Crippen LogP contribution in [0.1, 0.15) is 28.7 Å². The lowest BCUT2D eigenvalue weighted by Crippen LogP contribution is -2.70. The summed E-state index contributed by atoms with van der Waals surface area (Å²) in [6, 6.07) is 16.0. The Morgan fingerprint density at radius 3 is 1.50 bits per heavy atom. The lowest BCUT2D eigenvalue weighted by atomic mass is 9.43. The lowest BCUT2D eigenvalue weighted by molar-refractivity contribution is -0.401. The van der Waals surface area contributed by atoms with E-state index in [0.717, 1.165) is 23.3 Å². The Morgan fingerprint density at radius 2 is 1.19 bits per heavy atom. The fraction of sp³-hybridized carbons (Fsp3) is 0.333. The Kier molecular flexibility index (Phi) is 5.63. The van der Waals surface area contributed by atoms with Crippen molar-refractivity contribution < 1.29 is 26.3 Å². The van der Waals surface area contributed by atoms with Gasteiger partial charge in [-0.25, -0.2) is 0 Å². The van der Waals surface area contributed by atoms with Crippen molar-refractivity contribution in [1.82, 2.24) is 0 Å². The van der Waals surface area contributed by atoms with E-state index in [2.05, 4.69) is 0 Å². The van der Waals surface area contributed by atoms with Crippen LogP contribution in [0.2, 0.25) is 0 Å². The molecule has 2 aromatic carbocycles. The van der Waals surface area contributed by atoms with E-state index in [9.17, 15) is 36.9 Å². The van der Waals surface area contributed by atoms with Crippen LogP contribution in [0.15, 0.2) is 54.6 Å². The predicted octanol–water partition coefficient (Wildman–Crippen LogP) is 6.90. The number of nitrogens with zero attached hydrogens (tertiary/aromatic N) is 2. The van der Waals surface area contributed by atoms with Gasteiger partial charge in [0.1, 0.15) is 0 Å². The standard InChI is InChI=1S/C24H18F6N2/c1-15-3-7-17(8-4-15)20(18-9-5-16(2)6-10-18)11-19-12-22(23(25,26)27,24(28,29)30)21(19,13-31)14-32/h3-11,19H,12H2,1-2H3. The van der Waals surface area contributed by atoms with Gasteiger partial charge in [-0.05, 0) is 37.0 Å². The fourth-order valence-corrected chi connectivity index (χ4v) is 4.26. The number of aryl methyl sites for hydroxylation is 2. The van der Waals surface area contributed by atoms with Crippen molar-refractivity contribution in [2.24, 2.45) is 16.7 Å². The van der Waals surface area contributed by atoms with Crippen molar-refractivity contribution in [2.75, 3.05) is 0 Å². The zero-order chi connectivity index (χ0) is 23.9. The first-order valence-corrected chi connectivity index (χ1v) is 9.65. The van der Waals surface area contributed by atoms with Crippen LogP contribution in [0.25, 0.3) is 5.57 Å². The van der Waals surface area contributed by atoms with Crippen LogP contribution in [0, 0.1) is 53.3 Å². The third-order valence-corrected chi connectivity index (χ3v) is 6.17. The molecule has 1 atom stereocenters. The summed E-state index contributed by atoms with van der Waals surface area (Å²) in [5.41, 5.74) is -4.44. The van der Waals surface area contributed by atoms with Crippen molar-refractivity contribution >= 4 is 5.57 Å². The Balaban J connectivity index is 2.22. The summed E-state index contributed by atoms with van der Waals surface area (Å²) >= 11 is 0. The Hall–Kier alpha value is -3.26. The van der Waals surface area contributed by atoms with E-state index in [1.165, 1.54) is 6.08 Å². The number of hydrogen-bond donors (Lipinski definition) is 0. The molecule has 0 spiro atoms. The zero-order valence-electron chi connectivity index (χ0n) is 17.1. The first-order chi connectivity index (χ1) is 14.8. The normalized spacial score (nSPS) is 19.2. The number of nitriles is 2. The van der Waals surface area contributed by atoms with E-state index < -0.39 is 35.5 Å². The predicted molar refractivity (Wildman–Crippen MR) is 106 cm³/mol. The van der Waals surface area contributed by atoms with Gasteiger partial charge in [-0.15, -0.1) is 0 Å². The van der Waals surface area contributed by atoms with Gasteiger partial charge < -0.3 is 0 Å².